The van der Waals surface area contributed by atoms with Gasteiger partial charge < -0.3 is 10.2 Å². The van der Waals surface area contributed by atoms with Crippen molar-refractivity contribution in [1.29, 1.82) is 0 Å². The minimum atomic E-state index is -0.104. The number of piperazine rings is 1. The standard InChI is InChI=1S/C22H24ClN3O2/c1-17-6-2-3-7-18(17)10-11-22(28)26-14-12-25(13-15-26)16-21(27)24-20-9-5-4-8-19(20)23/h2-11H,12-16H2,1H3,(H,24,27)/b11-10+. The predicted molar refractivity (Wildman–Crippen MR) is 113 cm³/mol. The van der Waals surface area contributed by atoms with Crippen molar-refractivity contribution in [2.75, 3.05) is 38.0 Å². The minimum Gasteiger partial charge on any atom is -0.337 e. The Hall–Kier alpha value is -2.63. The van der Waals surface area contributed by atoms with Crippen molar-refractivity contribution >= 4 is 35.2 Å². The van der Waals surface area contributed by atoms with E-state index in [0.29, 0.717) is 36.9 Å². The monoisotopic (exact) mass is 397 g/mol. The van der Waals surface area contributed by atoms with Crippen molar-refractivity contribution in [3.63, 3.8) is 0 Å². The van der Waals surface area contributed by atoms with Crippen LogP contribution < -0.4 is 5.32 Å². The third-order valence-electron chi connectivity index (χ3n) is 4.79. The first kappa shape index (κ1) is 20.1. The molecule has 2 aromatic carbocycles. The summed E-state index contributed by atoms with van der Waals surface area (Å²) in [6.07, 6.45) is 3.49. The third-order valence-corrected chi connectivity index (χ3v) is 5.12. The number of anilines is 1. The maximum atomic E-state index is 12.4. The van der Waals surface area contributed by atoms with Gasteiger partial charge in [-0.3, -0.25) is 14.5 Å². The van der Waals surface area contributed by atoms with Gasteiger partial charge in [-0.1, -0.05) is 48.0 Å². The summed E-state index contributed by atoms with van der Waals surface area (Å²) in [5.74, 6) is -0.101. The molecule has 0 radical (unpaired) electrons. The Morgan fingerprint density at radius 1 is 1.04 bits per heavy atom. The lowest BCUT2D eigenvalue weighted by molar-refractivity contribution is -0.127. The van der Waals surface area contributed by atoms with E-state index in [9.17, 15) is 9.59 Å². The number of carbonyl (C=O) groups is 2. The fourth-order valence-electron chi connectivity index (χ4n) is 3.12. The molecular weight excluding hydrogens is 374 g/mol. The van der Waals surface area contributed by atoms with E-state index in [1.165, 1.54) is 0 Å². The van der Waals surface area contributed by atoms with E-state index in [0.717, 1.165) is 11.1 Å². The van der Waals surface area contributed by atoms with Gasteiger partial charge >= 0.3 is 0 Å². The normalized spacial score (nSPS) is 15.0. The molecule has 1 aliphatic heterocycles. The molecule has 0 unspecified atom stereocenters. The lowest BCUT2D eigenvalue weighted by atomic mass is 10.1. The second-order valence-corrected chi connectivity index (χ2v) is 7.23. The van der Waals surface area contributed by atoms with Crippen LogP contribution in [-0.4, -0.2) is 54.3 Å². The van der Waals surface area contributed by atoms with Crippen LogP contribution in [0.1, 0.15) is 11.1 Å². The smallest absolute Gasteiger partial charge is 0.246 e. The number of rotatable bonds is 5. The number of carbonyl (C=O) groups excluding carboxylic acids is 2. The SMILES string of the molecule is Cc1ccccc1/C=C/C(=O)N1CCN(CC(=O)Nc2ccccc2Cl)CC1. The summed E-state index contributed by atoms with van der Waals surface area (Å²) in [5, 5.41) is 3.35. The molecular formula is C22H24ClN3O2. The van der Waals surface area contributed by atoms with Crippen molar-refractivity contribution in [2.45, 2.75) is 6.92 Å². The number of hydrogen-bond donors (Lipinski definition) is 1. The molecule has 0 saturated carbocycles. The Labute approximate surface area is 170 Å². The van der Waals surface area contributed by atoms with Crippen LogP contribution in [0.25, 0.3) is 6.08 Å². The molecule has 1 heterocycles. The molecule has 0 spiro atoms. The molecule has 1 aliphatic rings. The first-order chi connectivity index (χ1) is 13.5. The number of halogens is 1. The van der Waals surface area contributed by atoms with Gasteiger partial charge in [-0.05, 0) is 36.3 Å². The highest BCUT2D eigenvalue weighted by molar-refractivity contribution is 6.33. The Kier molecular flexibility index (Phi) is 6.85. The maximum Gasteiger partial charge on any atom is 0.246 e. The molecule has 1 fully saturated rings. The van der Waals surface area contributed by atoms with E-state index in [2.05, 4.69) is 5.32 Å². The van der Waals surface area contributed by atoms with Gasteiger partial charge in [-0.25, -0.2) is 0 Å². The quantitative estimate of drug-likeness (QED) is 0.786. The van der Waals surface area contributed by atoms with E-state index in [1.807, 2.05) is 59.2 Å². The molecule has 2 aromatic rings. The van der Waals surface area contributed by atoms with E-state index in [4.69, 9.17) is 11.6 Å². The topological polar surface area (TPSA) is 52.7 Å². The molecule has 3 rings (SSSR count). The zero-order valence-electron chi connectivity index (χ0n) is 15.9. The molecule has 0 aromatic heterocycles. The Morgan fingerprint density at radius 2 is 1.71 bits per heavy atom. The van der Waals surface area contributed by atoms with Gasteiger partial charge in [0.2, 0.25) is 11.8 Å². The van der Waals surface area contributed by atoms with Crippen LogP contribution in [0.2, 0.25) is 5.02 Å². The lowest BCUT2D eigenvalue weighted by Crippen LogP contribution is -2.50. The molecule has 5 nitrogen and oxygen atoms in total. The van der Waals surface area contributed by atoms with Crippen molar-refractivity contribution in [3.05, 3.63) is 70.8 Å². The molecule has 0 atom stereocenters. The highest BCUT2D eigenvalue weighted by Gasteiger charge is 2.21. The second-order valence-electron chi connectivity index (χ2n) is 6.82. The van der Waals surface area contributed by atoms with Gasteiger partial charge in [0.05, 0.1) is 17.3 Å². The van der Waals surface area contributed by atoms with Crippen molar-refractivity contribution < 1.29 is 9.59 Å². The highest BCUT2D eigenvalue weighted by atomic mass is 35.5. The molecule has 28 heavy (non-hydrogen) atoms. The molecule has 2 amide bonds. The first-order valence-electron chi connectivity index (χ1n) is 9.32. The molecule has 1 saturated heterocycles. The third kappa shape index (κ3) is 5.44. The summed E-state index contributed by atoms with van der Waals surface area (Å²) in [4.78, 5) is 28.5. The fraction of sp³-hybridized carbons (Fsp3) is 0.273. The molecule has 0 bridgehead atoms. The lowest BCUT2D eigenvalue weighted by Gasteiger charge is -2.33. The zero-order chi connectivity index (χ0) is 19.9. The summed E-state index contributed by atoms with van der Waals surface area (Å²) in [7, 11) is 0. The Morgan fingerprint density at radius 3 is 2.43 bits per heavy atom. The summed E-state index contributed by atoms with van der Waals surface area (Å²) in [6, 6.07) is 15.1. The number of amides is 2. The second kappa shape index (κ2) is 9.53. The molecule has 1 N–H and O–H groups in total. The molecule has 6 heteroatoms. The number of nitrogens with zero attached hydrogens (tertiary/aromatic N) is 2. The fourth-order valence-corrected chi connectivity index (χ4v) is 3.31. The van der Waals surface area contributed by atoms with Crippen LogP contribution in [0.15, 0.2) is 54.6 Å². The number of aryl methyl sites for hydroxylation is 1. The van der Waals surface area contributed by atoms with Crippen LogP contribution in [0.4, 0.5) is 5.69 Å². The highest BCUT2D eigenvalue weighted by Crippen LogP contribution is 2.20. The number of para-hydroxylation sites is 1. The summed E-state index contributed by atoms with van der Waals surface area (Å²) >= 11 is 6.07. The van der Waals surface area contributed by atoms with Crippen LogP contribution in [-0.2, 0) is 9.59 Å². The van der Waals surface area contributed by atoms with Crippen molar-refractivity contribution in [1.82, 2.24) is 9.80 Å². The number of hydrogen-bond acceptors (Lipinski definition) is 3. The van der Waals surface area contributed by atoms with Crippen molar-refractivity contribution in [2.24, 2.45) is 0 Å². The van der Waals surface area contributed by atoms with E-state index in [1.54, 1.807) is 18.2 Å². The van der Waals surface area contributed by atoms with E-state index < -0.39 is 0 Å². The van der Waals surface area contributed by atoms with Crippen molar-refractivity contribution in [3.8, 4) is 0 Å². The molecule has 0 aliphatic carbocycles. The van der Waals surface area contributed by atoms with Crippen LogP contribution in [0, 0.1) is 6.92 Å². The van der Waals surface area contributed by atoms with Gasteiger partial charge in [0, 0.05) is 32.3 Å². The summed E-state index contributed by atoms with van der Waals surface area (Å²) in [5.41, 5.74) is 2.80. The largest absolute Gasteiger partial charge is 0.337 e. The van der Waals surface area contributed by atoms with Gasteiger partial charge in [0.1, 0.15) is 0 Å². The number of nitrogens with one attached hydrogen (secondary N) is 1. The first-order valence-corrected chi connectivity index (χ1v) is 9.70. The average molecular weight is 398 g/mol. The van der Waals surface area contributed by atoms with Crippen LogP contribution >= 0.6 is 11.6 Å². The Bertz CT molecular complexity index is 874. The predicted octanol–water partition coefficient (Wildman–Crippen LogP) is 3.44. The van der Waals surface area contributed by atoms with Gasteiger partial charge in [0.25, 0.3) is 0 Å². The van der Waals surface area contributed by atoms with Gasteiger partial charge in [0.15, 0.2) is 0 Å². The van der Waals surface area contributed by atoms with E-state index >= 15 is 0 Å². The maximum absolute atomic E-state index is 12.4. The zero-order valence-corrected chi connectivity index (χ0v) is 16.7. The Balaban J connectivity index is 1.46. The average Bonchev–Trinajstić information content (AvgIpc) is 2.69. The van der Waals surface area contributed by atoms with E-state index in [-0.39, 0.29) is 18.4 Å². The van der Waals surface area contributed by atoms with Gasteiger partial charge in [-0.2, -0.15) is 0 Å². The summed E-state index contributed by atoms with van der Waals surface area (Å²) < 4.78 is 0. The van der Waals surface area contributed by atoms with Gasteiger partial charge in [-0.15, -0.1) is 0 Å². The summed E-state index contributed by atoms with van der Waals surface area (Å²) in [6.45, 7) is 4.86. The minimum absolute atomic E-state index is 0.00317. The number of benzene rings is 2. The molecule has 146 valence electrons. The van der Waals surface area contributed by atoms with Crippen LogP contribution in [0.3, 0.4) is 0 Å². The van der Waals surface area contributed by atoms with Crippen LogP contribution in [0.5, 0.6) is 0 Å².